The molecule has 0 radical (unpaired) electrons. The van der Waals surface area contributed by atoms with Crippen LogP contribution in [0.1, 0.15) is 22.5 Å². The summed E-state index contributed by atoms with van der Waals surface area (Å²) in [6, 6.07) is 13.5. The van der Waals surface area contributed by atoms with Gasteiger partial charge in [0.1, 0.15) is 12.4 Å². The van der Waals surface area contributed by atoms with Crippen LogP contribution in [0, 0.1) is 13.8 Å². The third-order valence-electron chi connectivity index (χ3n) is 4.60. The van der Waals surface area contributed by atoms with E-state index >= 15 is 0 Å². The lowest BCUT2D eigenvalue weighted by Gasteiger charge is -2.20. The van der Waals surface area contributed by atoms with Crippen LogP contribution in [0.4, 0.5) is 0 Å². The zero-order chi connectivity index (χ0) is 19.6. The molecule has 0 aliphatic rings. The smallest absolute Gasteiger partial charge is 0.261 e. The van der Waals surface area contributed by atoms with E-state index in [0.717, 1.165) is 0 Å². The van der Waals surface area contributed by atoms with E-state index in [2.05, 4.69) is 41.9 Å². The van der Waals surface area contributed by atoms with Crippen LogP contribution in [0.3, 0.4) is 0 Å². The Morgan fingerprint density at radius 3 is 2.59 bits per heavy atom. The first-order valence-corrected chi connectivity index (χ1v) is 8.86. The van der Waals surface area contributed by atoms with Crippen LogP contribution in [0.15, 0.2) is 47.3 Å². The van der Waals surface area contributed by atoms with Gasteiger partial charge in [-0.15, -0.1) is 0 Å². The molecule has 1 amide bonds. The van der Waals surface area contributed by atoms with Gasteiger partial charge in [-0.25, -0.2) is 4.98 Å². The summed E-state index contributed by atoms with van der Waals surface area (Å²) in [6.07, 6.45) is 0. The lowest BCUT2D eigenvalue weighted by atomic mass is 10.1. The topological polar surface area (TPSA) is 81.2 Å². The molecule has 0 aliphatic carbocycles. The molecule has 3 aromatic rings. The Labute approximate surface area is 158 Å². The number of carbonyl (C=O) groups is 1. The van der Waals surface area contributed by atoms with Crippen molar-refractivity contribution in [1.82, 2.24) is 14.5 Å². The number of aromatic nitrogens is 2. The Morgan fingerprint density at radius 1 is 1.15 bits per heavy atom. The number of nitrogens with two attached hydrogens (primary N) is 1. The highest BCUT2D eigenvalue weighted by Gasteiger charge is 2.15. The van der Waals surface area contributed by atoms with Gasteiger partial charge in [-0.3, -0.25) is 19.1 Å². The number of nitrogens with zero attached hydrogens (tertiary/aromatic N) is 3. The Hall–Kier alpha value is -2.99. The number of amides is 1. The van der Waals surface area contributed by atoms with Crippen molar-refractivity contribution in [1.29, 1.82) is 0 Å². The number of primary amides is 1. The quantitative estimate of drug-likeness (QED) is 0.726. The van der Waals surface area contributed by atoms with Crippen LogP contribution >= 0.6 is 0 Å². The fraction of sp³-hybridized carbons (Fsp3) is 0.286. The molecule has 0 aliphatic heterocycles. The molecular formula is C21H24N4O2. The number of aryl methyl sites for hydroxylation is 2. The first-order chi connectivity index (χ1) is 12.8. The summed E-state index contributed by atoms with van der Waals surface area (Å²) < 4.78 is 1.38. The number of hydrogen-bond acceptors (Lipinski definition) is 4. The molecule has 0 fully saturated rings. The van der Waals surface area contributed by atoms with E-state index in [-0.39, 0.29) is 12.1 Å². The first kappa shape index (κ1) is 18.8. The molecule has 0 unspecified atom stereocenters. The number of para-hydroxylation sites is 1. The number of benzene rings is 2. The highest BCUT2D eigenvalue weighted by Crippen LogP contribution is 2.14. The molecule has 0 spiro atoms. The molecule has 140 valence electrons. The van der Waals surface area contributed by atoms with Gasteiger partial charge >= 0.3 is 0 Å². The highest BCUT2D eigenvalue weighted by molar-refractivity contribution is 5.78. The van der Waals surface area contributed by atoms with E-state index in [1.165, 1.54) is 21.3 Å². The highest BCUT2D eigenvalue weighted by atomic mass is 16.2. The van der Waals surface area contributed by atoms with Crippen LogP contribution in [0.25, 0.3) is 10.9 Å². The molecule has 0 bridgehead atoms. The molecule has 6 nitrogen and oxygen atoms in total. The van der Waals surface area contributed by atoms with E-state index in [4.69, 9.17) is 5.73 Å². The summed E-state index contributed by atoms with van der Waals surface area (Å²) in [6.45, 7) is 5.13. The minimum absolute atomic E-state index is 0.177. The SMILES string of the molecule is Cc1ccc(CN(C)Cc2nc3ccccc3c(=O)n2CC(N)=O)c(C)c1. The van der Waals surface area contributed by atoms with Crippen molar-refractivity contribution in [2.45, 2.75) is 33.5 Å². The number of hydrogen-bond donors (Lipinski definition) is 1. The van der Waals surface area contributed by atoms with Gasteiger partial charge in [-0.05, 0) is 44.2 Å². The Kier molecular flexibility index (Phi) is 5.37. The third-order valence-corrected chi connectivity index (χ3v) is 4.60. The Morgan fingerprint density at radius 2 is 1.89 bits per heavy atom. The molecule has 0 atom stereocenters. The zero-order valence-corrected chi connectivity index (χ0v) is 15.9. The van der Waals surface area contributed by atoms with Crippen molar-refractivity contribution in [2.24, 2.45) is 5.73 Å². The van der Waals surface area contributed by atoms with Crippen molar-refractivity contribution in [2.75, 3.05) is 7.05 Å². The standard InChI is InChI=1S/C21H24N4O2/c1-14-8-9-16(15(2)10-14)11-24(3)13-20-23-18-7-5-4-6-17(18)21(27)25(20)12-19(22)26/h4-10H,11-13H2,1-3H3,(H2,22,26). The average Bonchev–Trinajstić information content (AvgIpc) is 2.60. The van der Waals surface area contributed by atoms with Gasteiger partial charge in [-0.1, -0.05) is 35.9 Å². The van der Waals surface area contributed by atoms with Gasteiger partial charge in [0.15, 0.2) is 0 Å². The molecule has 0 saturated carbocycles. The minimum atomic E-state index is -0.563. The van der Waals surface area contributed by atoms with E-state index in [0.29, 0.717) is 29.8 Å². The average molecular weight is 364 g/mol. The maximum Gasteiger partial charge on any atom is 0.261 e. The van der Waals surface area contributed by atoms with Crippen molar-refractivity contribution >= 4 is 16.8 Å². The number of carbonyl (C=O) groups excluding carboxylic acids is 1. The van der Waals surface area contributed by atoms with Crippen LogP contribution in [0.5, 0.6) is 0 Å². The number of fused-ring (bicyclic) bond motifs is 1. The molecule has 6 heteroatoms. The molecule has 1 heterocycles. The summed E-state index contributed by atoms with van der Waals surface area (Å²) in [5.41, 5.74) is 9.40. The maximum atomic E-state index is 12.8. The second kappa shape index (κ2) is 7.72. The fourth-order valence-electron chi connectivity index (χ4n) is 3.26. The molecule has 3 rings (SSSR count). The summed E-state index contributed by atoms with van der Waals surface area (Å²) in [5.74, 6) is -0.0303. The van der Waals surface area contributed by atoms with Crippen LogP contribution < -0.4 is 11.3 Å². The zero-order valence-electron chi connectivity index (χ0n) is 15.9. The van der Waals surface area contributed by atoms with Gasteiger partial charge in [0.2, 0.25) is 5.91 Å². The first-order valence-electron chi connectivity index (χ1n) is 8.86. The summed E-state index contributed by atoms with van der Waals surface area (Å²) in [4.78, 5) is 31.0. The molecule has 2 aromatic carbocycles. The summed E-state index contributed by atoms with van der Waals surface area (Å²) >= 11 is 0. The molecule has 0 saturated heterocycles. The second-order valence-corrected chi connectivity index (χ2v) is 7.01. The van der Waals surface area contributed by atoms with Crippen molar-refractivity contribution in [3.63, 3.8) is 0 Å². The molecule has 27 heavy (non-hydrogen) atoms. The van der Waals surface area contributed by atoms with Gasteiger partial charge < -0.3 is 5.73 Å². The summed E-state index contributed by atoms with van der Waals surface area (Å²) in [7, 11) is 1.97. The maximum absolute atomic E-state index is 12.8. The van der Waals surface area contributed by atoms with Gasteiger partial charge in [-0.2, -0.15) is 0 Å². The van der Waals surface area contributed by atoms with Crippen molar-refractivity contribution in [3.05, 3.63) is 75.3 Å². The van der Waals surface area contributed by atoms with Crippen LogP contribution in [-0.4, -0.2) is 27.4 Å². The Bertz CT molecular complexity index is 1060. The monoisotopic (exact) mass is 364 g/mol. The second-order valence-electron chi connectivity index (χ2n) is 7.01. The minimum Gasteiger partial charge on any atom is -0.368 e. The van der Waals surface area contributed by atoms with Crippen LogP contribution in [0.2, 0.25) is 0 Å². The predicted octanol–water partition coefficient (Wildman–Crippen LogP) is 2.13. The third kappa shape index (κ3) is 4.23. The van der Waals surface area contributed by atoms with Crippen molar-refractivity contribution in [3.8, 4) is 0 Å². The van der Waals surface area contributed by atoms with Gasteiger partial charge in [0.25, 0.3) is 5.56 Å². The Balaban J connectivity index is 1.94. The van der Waals surface area contributed by atoms with E-state index in [9.17, 15) is 9.59 Å². The predicted molar refractivity (Wildman–Crippen MR) is 106 cm³/mol. The van der Waals surface area contributed by atoms with Gasteiger partial charge in [0.05, 0.1) is 17.4 Å². The molecule has 1 aromatic heterocycles. The normalized spacial score (nSPS) is 11.3. The fourth-order valence-corrected chi connectivity index (χ4v) is 3.26. The largest absolute Gasteiger partial charge is 0.368 e. The molecular weight excluding hydrogens is 340 g/mol. The van der Waals surface area contributed by atoms with Crippen molar-refractivity contribution < 1.29 is 4.79 Å². The molecule has 2 N–H and O–H groups in total. The van der Waals surface area contributed by atoms with Gasteiger partial charge in [0, 0.05) is 6.54 Å². The van der Waals surface area contributed by atoms with Crippen LogP contribution in [-0.2, 0) is 24.4 Å². The summed E-state index contributed by atoms with van der Waals surface area (Å²) in [5, 5.41) is 0.486. The number of rotatable bonds is 6. The van der Waals surface area contributed by atoms with E-state index in [1.807, 2.05) is 13.1 Å². The van der Waals surface area contributed by atoms with E-state index < -0.39 is 5.91 Å². The lowest BCUT2D eigenvalue weighted by Crippen LogP contribution is -2.33. The van der Waals surface area contributed by atoms with E-state index in [1.54, 1.807) is 18.2 Å². The lowest BCUT2D eigenvalue weighted by molar-refractivity contribution is -0.118.